The van der Waals surface area contributed by atoms with Gasteiger partial charge in [-0.25, -0.2) is 0 Å². The average molecular weight is 238 g/mol. The van der Waals surface area contributed by atoms with Gasteiger partial charge in [0, 0.05) is 18.1 Å². The van der Waals surface area contributed by atoms with Gasteiger partial charge < -0.3 is 5.73 Å². The molecule has 16 heavy (non-hydrogen) atoms. The first-order chi connectivity index (χ1) is 7.22. The fraction of sp³-hybridized carbons (Fsp3) is 1.00. The minimum atomic E-state index is -4.14. The van der Waals surface area contributed by atoms with Gasteiger partial charge in [0.1, 0.15) is 0 Å². The Morgan fingerprint density at radius 3 is 2.12 bits per heavy atom. The zero-order chi connectivity index (χ0) is 12.4. The molecule has 1 saturated carbocycles. The Morgan fingerprint density at radius 1 is 1.25 bits per heavy atom. The Morgan fingerprint density at radius 2 is 1.75 bits per heavy atom. The first-order valence-corrected chi connectivity index (χ1v) is 5.82. The van der Waals surface area contributed by atoms with E-state index < -0.39 is 18.3 Å². The number of nitrogens with two attached hydrogens (primary N) is 1. The van der Waals surface area contributed by atoms with Gasteiger partial charge in [0.25, 0.3) is 0 Å². The minimum absolute atomic E-state index is 0.123. The van der Waals surface area contributed by atoms with Gasteiger partial charge in [-0.15, -0.1) is 0 Å². The average Bonchev–Trinajstić information content (AvgIpc) is 2.48. The van der Waals surface area contributed by atoms with Crippen LogP contribution in [0, 0.1) is 0 Å². The van der Waals surface area contributed by atoms with Crippen molar-refractivity contribution in [1.29, 1.82) is 0 Å². The second kappa shape index (κ2) is 4.92. The van der Waals surface area contributed by atoms with Crippen LogP contribution in [0.3, 0.4) is 0 Å². The summed E-state index contributed by atoms with van der Waals surface area (Å²) in [5.74, 6) is 0. The highest BCUT2D eigenvalue weighted by molar-refractivity contribution is 4.93. The summed E-state index contributed by atoms with van der Waals surface area (Å²) >= 11 is 0. The topological polar surface area (TPSA) is 29.3 Å². The molecule has 1 aliphatic carbocycles. The van der Waals surface area contributed by atoms with Crippen molar-refractivity contribution >= 4 is 0 Å². The lowest BCUT2D eigenvalue weighted by molar-refractivity contribution is -0.151. The summed E-state index contributed by atoms with van der Waals surface area (Å²) in [5, 5.41) is 0. The van der Waals surface area contributed by atoms with E-state index >= 15 is 0 Å². The Bertz CT molecular complexity index is 220. The van der Waals surface area contributed by atoms with Gasteiger partial charge in [-0.1, -0.05) is 12.8 Å². The number of alkyl halides is 3. The predicted octanol–water partition coefficient (Wildman–Crippen LogP) is 2.53. The van der Waals surface area contributed by atoms with E-state index in [0.717, 1.165) is 25.7 Å². The first kappa shape index (κ1) is 13.8. The van der Waals surface area contributed by atoms with Crippen molar-refractivity contribution in [3.05, 3.63) is 0 Å². The third-order valence-corrected chi connectivity index (χ3v) is 3.23. The van der Waals surface area contributed by atoms with Crippen LogP contribution in [0.15, 0.2) is 0 Å². The highest BCUT2D eigenvalue weighted by Gasteiger charge is 2.37. The van der Waals surface area contributed by atoms with Crippen LogP contribution in [0.25, 0.3) is 0 Å². The van der Waals surface area contributed by atoms with Crippen LogP contribution < -0.4 is 5.73 Å². The van der Waals surface area contributed by atoms with E-state index in [-0.39, 0.29) is 6.04 Å². The van der Waals surface area contributed by atoms with E-state index in [4.69, 9.17) is 5.73 Å². The SMILES string of the molecule is CC(C)N(CC(F)(F)F)CC1(N)CCCC1. The largest absolute Gasteiger partial charge is 0.401 e. The van der Waals surface area contributed by atoms with Gasteiger partial charge in [0.15, 0.2) is 0 Å². The Kier molecular flexibility index (Phi) is 4.23. The molecule has 0 saturated heterocycles. The van der Waals surface area contributed by atoms with Crippen LogP contribution in [0.2, 0.25) is 0 Å². The van der Waals surface area contributed by atoms with Gasteiger partial charge in [0.05, 0.1) is 6.54 Å². The predicted molar refractivity (Wildman–Crippen MR) is 58.2 cm³/mol. The molecule has 0 aromatic rings. The molecular weight excluding hydrogens is 217 g/mol. The Balaban J connectivity index is 2.57. The minimum Gasteiger partial charge on any atom is -0.324 e. The van der Waals surface area contributed by atoms with Gasteiger partial charge in [-0.05, 0) is 26.7 Å². The van der Waals surface area contributed by atoms with Crippen LogP contribution in [-0.4, -0.2) is 35.7 Å². The summed E-state index contributed by atoms with van der Waals surface area (Å²) in [6.45, 7) is 3.06. The molecule has 2 N–H and O–H groups in total. The van der Waals surface area contributed by atoms with Crippen molar-refractivity contribution in [2.45, 2.75) is 57.3 Å². The molecule has 0 heterocycles. The van der Waals surface area contributed by atoms with E-state index in [0.29, 0.717) is 6.54 Å². The summed E-state index contributed by atoms with van der Waals surface area (Å²) in [5.41, 5.74) is 5.70. The standard InChI is InChI=1S/C11H21F3N2/c1-9(2)16(8-11(12,13)14)7-10(15)5-3-4-6-10/h9H,3-8,15H2,1-2H3. The molecule has 96 valence electrons. The van der Waals surface area contributed by atoms with Crippen molar-refractivity contribution in [1.82, 2.24) is 4.90 Å². The normalized spacial score (nSPS) is 21.0. The van der Waals surface area contributed by atoms with Crippen molar-refractivity contribution in [2.24, 2.45) is 5.73 Å². The smallest absolute Gasteiger partial charge is 0.324 e. The van der Waals surface area contributed by atoms with E-state index in [9.17, 15) is 13.2 Å². The molecule has 0 aromatic carbocycles. The second-order valence-electron chi connectivity index (χ2n) is 5.18. The van der Waals surface area contributed by atoms with Crippen LogP contribution >= 0.6 is 0 Å². The zero-order valence-electron chi connectivity index (χ0n) is 9.98. The maximum atomic E-state index is 12.4. The molecule has 0 atom stereocenters. The lowest BCUT2D eigenvalue weighted by atomic mass is 9.98. The number of rotatable bonds is 4. The van der Waals surface area contributed by atoms with E-state index in [1.54, 1.807) is 13.8 Å². The maximum absolute atomic E-state index is 12.4. The summed E-state index contributed by atoms with van der Waals surface area (Å²) < 4.78 is 37.1. The Hall–Kier alpha value is -0.290. The number of nitrogens with zero attached hydrogens (tertiary/aromatic N) is 1. The fourth-order valence-corrected chi connectivity index (χ4v) is 2.29. The molecule has 2 nitrogen and oxygen atoms in total. The van der Waals surface area contributed by atoms with Crippen molar-refractivity contribution < 1.29 is 13.2 Å². The summed E-state index contributed by atoms with van der Waals surface area (Å²) in [7, 11) is 0. The lowest BCUT2D eigenvalue weighted by Gasteiger charge is -2.35. The van der Waals surface area contributed by atoms with Gasteiger partial charge in [0.2, 0.25) is 0 Å². The van der Waals surface area contributed by atoms with Gasteiger partial charge in [-0.2, -0.15) is 13.2 Å². The fourth-order valence-electron chi connectivity index (χ4n) is 2.29. The molecule has 0 aliphatic heterocycles. The van der Waals surface area contributed by atoms with Crippen LogP contribution in [0.5, 0.6) is 0 Å². The maximum Gasteiger partial charge on any atom is 0.401 e. The molecule has 0 spiro atoms. The van der Waals surface area contributed by atoms with Crippen LogP contribution in [-0.2, 0) is 0 Å². The molecule has 1 rings (SSSR count). The second-order valence-corrected chi connectivity index (χ2v) is 5.18. The third kappa shape index (κ3) is 4.29. The van der Waals surface area contributed by atoms with Crippen LogP contribution in [0.4, 0.5) is 13.2 Å². The molecular formula is C11H21F3N2. The van der Waals surface area contributed by atoms with Crippen LogP contribution in [0.1, 0.15) is 39.5 Å². The van der Waals surface area contributed by atoms with Crippen molar-refractivity contribution in [3.63, 3.8) is 0 Å². The molecule has 1 fully saturated rings. The zero-order valence-corrected chi connectivity index (χ0v) is 9.98. The van der Waals surface area contributed by atoms with E-state index in [2.05, 4.69) is 0 Å². The number of hydrogen-bond donors (Lipinski definition) is 1. The third-order valence-electron chi connectivity index (χ3n) is 3.23. The summed E-state index contributed by atoms with van der Waals surface area (Å²) in [6, 6.07) is -0.123. The van der Waals surface area contributed by atoms with E-state index in [1.807, 2.05) is 0 Å². The molecule has 0 radical (unpaired) electrons. The van der Waals surface area contributed by atoms with Crippen molar-refractivity contribution in [3.8, 4) is 0 Å². The Labute approximate surface area is 95.0 Å². The summed E-state index contributed by atoms with van der Waals surface area (Å²) in [4.78, 5) is 1.44. The molecule has 0 unspecified atom stereocenters. The first-order valence-electron chi connectivity index (χ1n) is 5.82. The molecule has 0 bridgehead atoms. The monoisotopic (exact) mass is 238 g/mol. The van der Waals surface area contributed by atoms with Gasteiger partial charge >= 0.3 is 6.18 Å². The number of hydrogen-bond acceptors (Lipinski definition) is 2. The summed E-state index contributed by atoms with van der Waals surface area (Å²) in [6.07, 6.45) is -0.385. The quantitative estimate of drug-likeness (QED) is 0.815. The van der Waals surface area contributed by atoms with Crippen molar-refractivity contribution in [2.75, 3.05) is 13.1 Å². The molecule has 1 aliphatic rings. The highest BCUT2D eigenvalue weighted by atomic mass is 19.4. The highest BCUT2D eigenvalue weighted by Crippen LogP contribution is 2.29. The molecule has 0 amide bonds. The number of halogens is 3. The molecule has 5 heteroatoms. The molecule has 0 aromatic heterocycles. The van der Waals surface area contributed by atoms with E-state index in [1.165, 1.54) is 4.90 Å². The lowest BCUT2D eigenvalue weighted by Crippen LogP contribution is -2.52. The van der Waals surface area contributed by atoms with Gasteiger partial charge in [-0.3, -0.25) is 4.90 Å².